The molecule has 2 amide bonds. The van der Waals surface area contributed by atoms with Gasteiger partial charge in [0.1, 0.15) is 0 Å². The zero-order chi connectivity index (χ0) is 17.7. The maximum Gasteiger partial charge on any atom is 0.391 e. The molecular formula is C14H20F5N3O2. The third-order valence-electron chi connectivity index (χ3n) is 3.71. The minimum Gasteiger partial charge on any atom is -0.417 e. The number of aromatic nitrogens is 1. The van der Waals surface area contributed by atoms with Crippen molar-refractivity contribution < 1.29 is 34.3 Å². The maximum absolute atomic E-state index is 12.3. The first kappa shape index (κ1) is 18.2. The summed E-state index contributed by atoms with van der Waals surface area (Å²) in [5, 5.41) is 4.97. The zero-order valence-corrected chi connectivity index (χ0v) is 12.4. The van der Waals surface area contributed by atoms with Crippen molar-refractivity contribution in [1.29, 1.82) is 0 Å². The first-order valence-electron chi connectivity index (χ1n) is 7.22. The van der Waals surface area contributed by atoms with Gasteiger partial charge in [-0.3, -0.25) is 0 Å². The van der Waals surface area contributed by atoms with Gasteiger partial charge in [-0.15, -0.1) is 0 Å². The normalized spacial score (nSPS) is 20.4. The number of hydrogen-bond donors (Lipinski definition) is 2. The number of alkyl halides is 5. The molecule has 0 radical (unpaired) electrons. The smallest absolute Gasteiger partial charge is 0.391 e. The number of carbonyl (C=O) groups excluding carboxylic acids is 1. The topological polar surface area (TPSA) is 63.2 Å². The third kappa shape index (κ3) is 5.50. The minimum absolute atomic E-state index is 0. The molecule has 1 aromatic heterocycles. The zero-order valence-electron chi connectivity index (χ0n) is 12.4. The molecular weight excluding hydrogens is 337 g/mol. The lowest BCUT2D eigenvalue weighted by Crippen LogP contribution is -2.44. The molecule has 0 saturated heterocycles. The van der Waals surface area contributed by atoms with Gasteiger partial charge in [0.25, 0.3) is 0 Å². The van der Waals surface area contributed by atoms with E-state index in [2.05, 4.69) is 20.4 Å². The van der Waals surface area contributed by atoms with E-state index in [4.69, 9.17) is 0 Å². The van der Waals surface area contributed by atoms with Crippen molar-refractivity contribution in [2.45, 2.75) is 32.2 Å². The fourth-order valence-corrected chi connectivity index (χ4v) is 2.37. The number of rotatable bonds is 6. The average molecular weight is 357 g/mol. The van der Waals surface area contributed by atoms with Crippen LogP contribution < -0.4 is 15.4 Å². The number of halogens is 5. The lowest BCUT2D eigenvalue weighted by atomic mass is 9.74. The summed E-state index contributed by atoms with van der Waals surface area (Å²) in [7, 11) is 0. The number of nitrogens with one attached hydrogen (secondary N) is 2. The Labute approximate surface area is 137 Å². The summed E-state index contributed by atoms with van der Waals surface area (Å²) in [4.78, 5) is 15.2. The van der Waals surface area contributed by atoms with Gasteiger partial charge in [0.2, 0.25) is 5.88 Å². The van der Waals surface area contributed by atoms with Gasteiger partial charge in [-0.25, -0.2) is 9.78 Å². The van der Waals surface area contributed by atoms with Crippen molar-refractivity contribution >= 4 is 6.03 Å². The number of carbonyl (C=O) groups is 1. The molecule has 138 valence electrons. The minimum atomic E-state index is -4.17. The number of nitrogens with zero attached hydrogens (tertiary/aromatic N) is 1. The monoisotopic (exact) mass is 357 g/mol. The van der Waals surface area contributed by atoms with Crippen molar-refractivity contribution in [3.8, 4) is 5.88 Å². The molecule has 0 bridgehead atoms. The van der Waals surface area contributed by atoms with Crippen LogP contribution in [0.3, 0.4) is 0 Å². The Morgan fingerprint density at radius 2 is 2.08 bits per heavy atom. The molecule has 0 spiro atoms. The van der Waals surface area contributed by atoms with Crippen LogP contribution in [0.1, 0.15) is 21.3 Å². The van der Waals surface area contributed by atoms with E-state index in [0.29, 0.717) is 5.56 Å². The van der Waals surface area contributed by atoms with Crippen molar-refractivity contribution in [3.05, 3.63) is 23.9 Å². The molecule has 1 aliphatic carbocycles. The predicted molar refractivity (Wildman–Crippen MR) is 77.6 cm³/mol. The lowest BCUT2D eigenvalue weighted by molar-refractivity contribution is -0.203. The molecule has 10 heteroatoms. The predicted octanol–water partition coefficient (Wildman–Crippen LogP) is 3.56. The first-order valence-corrected chi connectivity index (χ1v) is 7.22. The van der Waals surface area contributed by atoms with Gasteiger partial charge in [0.05, 0.1) is 5.92 Å². The van der Waals surface area contributed by atoms with Crippen LogP contribution in [0.5, 0.6) is 5.88 Å². The van der Waals surface area contributed by atoms with E-state index >= 15 is 0 Å². The second kappa shape index (κ2) is 7.63. The molecule has 24 heavy (non-hydrogen) atoms. The Morgan fingerprint density at radius 3 is 2.71 bits per heavy atom. The van der Waals surface area contributed by atoms with E-state index < -0.39 is 24.7 Å². The first-order chi connectivity index (χ1) is 11.2. The third-order valence-corrected chi connectivity index (χ3v) is 3.71. The molecule has 0 atom stereocenters. The van der Waals surface area contributed by atoms with Crippen molar-refractivity contribution in [2.24, 2.45) is 11.8 Å². The van der Waals surface area contributed by atoms with E-state index in [1.165, 1.54) is 18.3 Å². The molecule has 1 heterocycles. The van der Waals surface area contributed by atoms with E-state index in [9.17, 15) is 26.7 Å². The maximum atomic E-state index is 12.3. The largest absolute Gasteiger partial charge is 0.417 e. The molecule has 1 fully saturated rings. The molecule has 1 aliphatic rings. The quantitative estimate of drug-likeness (QED) is 0.765. The average Bonchev–Trinajstić information content (AvgIpc) is 2.41. The Bertz CT molecular complexity index is 572. The van der Waals surface area contributed by atoms with Gasteiger partial charge in [0.15, 0.2) is 0 Å². The molecule has 1 saturated carbocycles. The van der Waals surface area contributed by atoms with Gasteiger partial charge in [-0.05, 0) is 30.4 Å². The van der Waals surface area contributed by atoms with Gasteiger partial charge >= 0.3 is 18.8 Å². The summed E-state index contributed by atoms with van der Waals surface area (Å²) in [6.07, 6.45) is -2.87. The van der Waals surface area contributed by atoms with E-state index in [-0.39, 0.29) is 40.6 Å². The SMILES string of the molecule is O=C(NCc1ccnc(OC(F)F)c1)NCC1CC(C(F)(F)F)C1.[HH].[HH]. The summed E-state index contributed by atoms with van der Waals surface area (Å²) in [5.41, 5.74) is 0.497. The molecule has 0 aromatic carbocycles. The fourth-order valence-electron chi connectivity index (χ4n) is 2.37. The Hall–Kier alpha value is -2.13. The van der Waals surface area contributed by atoms with Crippen LogP contribution in [-0.4, -0.2) is 30.3 Å². The Balaban J connectivity index is 0.00000312. The van der Waals surface area contributed by atoms with Crippen LogP contribution in [0.25, 0.3) is 0 Å². The molecule has 0 aliphatic heterocycles. The summed E-state index contributed by atoms with van der Waals surface area (Å²) in [6, 6.07) is 2.23. The molecule has 2 N–H and O–H groups in total. The highest BCUT2D eigenvalue weighted by Crippen LogP contribution is 2.44. The molecule has 5 nitrogen and oxygen atoms in total. The highest BCUT2D eigenvalue weighted by Gasteiger charge is 2.47. The fraction of sp³-hybridized carbons (Fsp3) is 0.571. The van der Waals surface area contributed by atoms with E-state index in [1.807, 2.05) is 0 Å². The van der Waals surface area contributed by atoms with Gasteiger partial charge in [0, 0.05) is 28.2 Å². The molecule has 2 rings (SSSR count). The summed E-state index contributed by atoms with van der Waals surface area (Å²) in [5.74, 6) is -1.73. The van der Waals surface area contributed by atoms with Gasteiger partial charge in [-0.1, -0.05) is 0 Å². The number of pyridine rings is 1. The van der Waals surface area contributed by atoms with Crippen LogP contribution >= 0.6 is 0 Å². The Kier molecular flexibility index (Phi) is 5.79. The van der Waals surface area contributed by atoms with Gasteiger partial charge in [-0.2, -0.15) is 22.0 Å². The number of hydrogen-bond acceptors (Lipinski definition) is 3. The second-order valence-corrected chi connectivity index (χ2v) is 5.52. The van der Waals surface area contributed by atoms with Gasteiger partial charge < -0.3 is 15.4 Å². The van der Waals surface area contributed by atoms with Crippen molar-refractivity contribution in [2.75, 3.05) is 6.54 Å². The number of amides is 2. The van der Waals surface area contributed by atoms with Crippen LogP contribution in [0.4, 0.5) is 26.7 Å². The highest BCUT2D eigenvalue weighted by molar-refractivity contribution is 5.73. The summed E-state index contributed by atoms with van der Waals surface area (Å²) < 4.78 is 65.3. The van der Waals surface area contributed by atoms with E-state index in [1.54, 1.807) is 0 Å². The van der Waals surface area contributed by atoms with Crippen molar-refractivity contribution in [1.82, 2.24) is 15.6 Å². The van der Waals surface area contributed by atoms with Crippen molar-refractivity contribution in [3.63, 3.8) is 0 Å². The van der Waals surface area contributed by atoms with Crippen LogP contribution in [0.2, 0.25) is 0 Å². The van der Waals surface area contributed by atoms with Crippen LogP contribution in [0, 0.1) is 11.8 Å². The van der Waals surface area contributed by atoms with Crippen LogP contribution in [0.15, 0.2) is 18.3 Å². The standard InChI is InChI=1S/C14H16F5N3O2.2H2/c15-12(16)24-11-5-8(1-2-20-11)6-21-13(23)22-7-9-3-10(4-9)14(17,18)19;;/h1-2,5,9-10,12H,3-4,6-7H2,(H2,21,22,23);2*1H. The second-order valence-electron chi connectivity index (χ2n) is 5.52. The number of urea groups is 1. The lowest BCUT2D eigenvalue weighted by Gasteiger charge is -2.36. The van der Waals surface area contributed by atoms with Crippen LogP contribution in [-0.2, 0) is 6.54 Å². The Morgan fingerprint density at radius 1 is 1.38 bits per heavy atom. The summed E-state index contributed by atoms with van der Waals surface area (Å²) >= 11 is 0. The van der Waals surface area contributed by atoms with E-state index in [0.717, 1.165) is 0 Å². The molecule has 0 unspecified atom stereocenters. The summed E-state index contributed by atoms with van der Waals surface area (Å²) in [6.45, 7) is -2.79. The molecule has 1 aromatic rings. The highest BCUT2D eigenvalue weighted by atomic mass is 19.4. The number of ether oxygens (including phenoxy) is 1.